The average Bonchev–Trinajstić information content (AvgIpc) is 2.09. The van der Waals surface area contributed by atoms with E-state index in [1.165, 1.54) is 11.8 Å². The fraction of sp³-hybridized carbons (Fsp3) is 0.111. The van der Waals surface area contributed by atoms with Crippen molar-refractivity contribution in [3.05, 3.63) is 35.4 Å². The number of anilines is 1. The van der Waals surface area contributed by atoms with Crippen molar-refractivity contribution in [3.63, 3.8) is 0 Å². The van der Waals surface area contributed by atoms with Gasteiger partial charge in [0.2, 0.25) is 0 Å². The van der Waals surface area contributed by atoms with Crippen LogP contribution in [0.5, 0.6) is 0 Å². The van der Waals surface area contributed by atoms with Crippen LogP contribution in [0.15, 0.2) is 40.3 Å². The van der Waals surface area contributed by atoms with Crippen LogP contribution in [0.25, 0.3) is 0 Å². The van der Waals surface area contributed by atoms with Crippen molar-refractivity contribution in [1.29, 1.82) is 0 Å². The van der Waals surface area contributed by atoms with Crippen LogP contribution in [-0.2, 0) is 0 Å². The van der Waals surface area contributed by atoms with Gasteiger partial charge in [0.25, 0.3) is 0 Å². The Morgan fingerprint density at radius 2 is 2.08 bits per heavy atom. The fourth-order valence-corrected chi connectivity index (χ4v) is 1.46. The third kappa shape index (κ3) is 2.20. The van der Waals surface area contributed by atoms with E-state index in [-0.39, 0.29) is 0 Å². The highest BCUT2D eigenvalue weighted by molar-refractivity contribution is 8.03. The molecule has 0 aliphatic heterocycles. The van der Waals surface area contributed by atoms with Gasteiger partial charge in [0.15, 0.2) is 0 Å². The fourth-order valence-electron chi connectivity index (χ4n) is 0.759. The van der Waals surface area contributed by atoms with E-state index in [1.807, 2.05) is 37.3 Å². The predicted octanol–water partition coefficient (Wildman–Crippen LogP) is 2.18. The lowest BCUT2D eigenvalue weighted by molar-refractivity contribution is 1.44. The smallest absolute Gasteiger partial charge is 0.0660 e. The van der Waals surface area contributed by atoms with E-state index in [0.717, 1.165) is 15.6 Å². The number of allylic oxidation sites excluding steroid dienone is 1. The lowest BCUT2D eigenvalue weighted by Crippen LogP contribution is -1.93. The van der Waals surface area contributed by atoms with Gasteiger partial charge < -0.3 is 11.5 Å². The molecule has 0 spiro atoms. The van der Waals surface area contributed by atoms with Crippen LogP contribution >= 0.6 is 11.8 Å². The van der Waals surface area contributed by atoms with Crippen LogP contribution in [-0.4, -0.2) is 0 Å². The molecule has 2 nitrogen and oxygen atoms in total. The topological polar surface area (TPSA) is 52.0 Å². The number of thioether (sulfide) groups is 1. The molecule has 1 aromatic rings. The minimum Gasteiger partial charge on any atom is -0.398 e. The zero-order chi connectivity index (χ0) is 8.97. The van der Waals surface area contributed by atoms with Gasteiger partial charge in [-0.3, -0.25) is 0 Å². The van der Waals surface area contributed by atoms with Gasteiger partial charge in [-0.1, -0.05) is 30.0 Å². The normalized spacial score (nSPS) is 11.6. The summed E-state index contributed by atoms with van der Waals surface area (Å²) in [5.41, 5.74) is 12.1. The molecule has 0 atom stereocenters. The molecule has 0 bridgehead atoms. The summed E-state index contributed by atoms with van der Waals surface area (Å²) < 4.78 is 0. The highest BCUT2D eigenvalue weighted by Gasteiger charge is 1.98. The van der Waals surface area contributed by atoms with Gasteiger partial charge in [-0.05, 0) is 19.1 Å². The maximum absolute atomic E-state index is 5.72. The van der Waals surface area contributed by atoms with Crippen molar-refractivity contribution >= 4 is 17.4 Å². The van der Waals surface area contributed by atoms with E-state index in [2.05, 4.69) is 0 Å². The average molecular weight is 180 g/mol. The minimum absolute atomic E-state index is 0.771. The third-order valence-corrected chi connectivity index (χ3v) is 2.49. The summed E-state index contributed by atoms with van der Waals surface area (Å²) in [5.74, 6) is 0. The van der Waals surface area contributed by atoms with E-state index in [4.69, 9.17) is 11.5 Å². The van der Waals surface area contributed by atoms with E-state index in [9.17, 15) is 0 Å². The van der Waals surface area contributed by atoms with Gasteiger partial charge in [-0.2, -0.15) is 0 Å². The highest BCUT2D eigenvalue weighted by Crippen LogP contribution is 2.27. The first kappa shape index (κ1) is 9.00. The maximum Gasteiger partial charge on any atom is 0.0660 e. The highest BCUT2D eigenvalue weighted by atomic mass is 32.2. The van der Waals surface area contributed by atoms with E-state index in [1.54, 1.807) is 0 Å². The van der Waals surface area contributed by atoms with Crippen molar-refractivity contribution in [2.45, 2.75) is 11.8 Å². The molecule has 0 aliphatic rings. The molecule has 0 aliphatic carbocycles. The second kappa shape index (κ2) is 4.07. The summed E-state index contributed by atoms with van der Waals surface area (Å²) in [7, 11) is 0. The van der Waals surface area contributed by atoms with E-state index < -0.39 is 0 Å². The van der Waals surface area contributed by atoms with Crippen molar-refractivity contribution in [3.8, 4) is 0 Å². The number of hydrogen-bond donors (Lipinski definition) is 2. The van der Waals surface area contributed by atoms with Crippen LogP contribution in [0.1, 0.15) is 6.92 Å². The second-order valence-electron chi connectivity index (χ2n) is 2.33. The van der Waals surface area contributed by atoms with Crippen molar-refractivity contribution in [2.75, 3.05) is 5.73 Å². The lowest BCUT2D eigenvalue weighted by atomic mass is 10.3. The number of benzene rings is 1. The first-order chi connectivity index (χ1) is 5.74. The van der Waals surface area contributed by atoms with Gasteiger partial charge in [0.05, 0.1) is 5.03 Å². The summed E-state index contributed by atoms with van der Waals surface area (Å²) in [6, 6.07) is 7.68. The SMILES string of the molecule is CC=C(N)Sc1ccccc1N. The van der Waals surface area contributed by atoms with Crippen LogP contribution in [0.4, 0.5) is 5.69 Å². The largest absolute Gasteiger partial charge is 0.398 e. The van der Waals surface area contributed by atoms with Crippen molar-refractivity contribution in [1.82, 2.24) is 0 Å². The first-order valence-electron chi connectivity index (χ1n) is 3.68. The van der Waals surface area contributed by atoms with Crippen LogP contribution < -0.4 is 11.5 Å². The number of rotatable bonds is 2. The Balaban J connectivity index is 2.82. The zero-order valence-electron chi connectivity index (χ0n) is 6.95. The molecule has 0 saturated carbocycles. The summed E-state index contributed by atoms with van der Waals surface area (Å²) in [6.07, 6.45) is 1.86. The van der Waals surface area contributed by atoms with Gasteiger partial charge >= 0.3 is 0 Å². The van der Waals surface area contributed by atoms with Gasteiger partial charge in [-0.25, -0.2) is 0 Å². The predicted molar refractivity (Wildman–Crippen MR) is 54.7 cm³/mol. The molecular formula is C9H12N2S. The monoisotopic (exact) mass is 180 g/mol. The molecule has 3 heteroatoms. The molecule has 0 aromatic heterocycles. The summed E-state index contributed by atoms with van der Waals surface area (Å²) in [5, 5.41) is 0.771. The molecule has 4 N–H and O–H groups in total. The molecule has 0 unspecified atom stereocenters. The molecule has 64 valence electrons. The molecule has 12 heavy (non-hydrogen) atoms. The molecule has 0 heterocycles. The minimum atomic E-state index is 0.771. The Hall–Kier alpha value is -1.09. The lowest BCUT2D eigenvalue weighted by Gasteiger charge is -2.03. The standard InChI is InChI=1S/C9H12N2S/c1-2-9(11)12-8-6-4-3-5-7(8)10/h2-6H,10-11H2,1H3. The summed E-state index contributed by atoms with van der Waals surface area (Å²) in [6.45, 7) is 1.90. The van der Waals surface area contributed by atoms with E-state index >= 15 is 0 Å². The Morgan fingerprint density at radius 3 is 2.67 bits per heavy atom. The van der Waals surface area contributed by atoms with E-state index in [0.29, 0.717) is 0 Å². The van der Waals surface area contributed by atoms with Crippen LogP contribution in [0, 0.1) is 0 Å². The quantitative estimate of drug-likeness (QED) is 0.542. The van der Waals surface area contributed by atoms with Gasteiger partial charge in [0, 0.05) is 10.6 Å². The zero-order valence-corrected chi connectivity index (χ0v) is 7.77. The summed E-state index contributed by atoms with van der Waals surface area (Å²) >= 11 is 1.48. The Kier molecular flexibility index (Phi) is 3.05. The molecule has 1 rings (SSSR count). The van der Waals surface area contributed by atoms with Crippen LogP contribution in [0.3, 0.4) is 0 Å². The molecule has 0 fully saturated rings. The van der Waals surface area contributed by atoms with Gasteiger partial charge in [-0.15, -0.1) is 0 Å². The molecule has 0 saturated heterocycles. The second-order valence-corrected chi connectivity index (χ2v) is 3.45. The molecular weight excluding hydrogens is 168 g/mol. The third-order valence-electron chi connectivity index (χ3n) is 1.43. The van der Waals surface area contributed by atoms with Gasteiger partial charge in [0.1, 0.15) is 0 Å². The first-order valence-corrected chi connectivity index (χ1v) is 4.50. The Morgan fingerprint density at radius 1 is 1.42 bits per heavy atom. The Bertz CT molecular complexity index is 294. The van der Waals surface area contributed by atoms with Crippen molar-refractivity contribution in [2.24, 2.45) is 5.73 Å². The van der Waals surface area contributed by atoms with Crippen LogP contribution in [0.2, 0.25) is 0 Å². The maximum atomic E-state index is 5.72. The number of para-hydroxylation sites is 1. The molecule has 0 amide bonds. The molecule has 1 aromatic carbocycles. The number of nitrogens with two attached hydrogens (primary N) is 2. The summed E-state index contributed by atoms with van der Waals surface area (Å²) in [4.78, 5) is 1.01. The number of hydrogen-bond acceptors (Lipinski definition) is 3. The van der Waals surface area contributed by atoms with Crippen molar-refractivity contribution < 1.29 is 0 Å². The molecule has 0 radical (unpaired) electrons. The number of nitrogen functional groups attached to an aromatic ring is 1. The Labute approximate surface area is 76.6 Å².